The first kappa shape index (κ1) is 17.2. The number of anilines is 1. The van der Waals surface area contributed by atoms with Crippen LogP contribution in [0.5, 0.6) is 0 Å². The lowest BCUT2D eigenvalue weighted by Gasteiger charge is -2.35. The van der Waals surface area contributed by atoms with E-state index in [-0.39, 0.29) is 5.91 Å². The average molecular weight is 348 g/mol. The van der Waals surface area contributed by atoms with Crippen molar-refractivity contribution in [3.63, 3.8) is 0 Å². The Bertz CT molecular complexity index is 901. The number of carbonyl (C=O) groups excluding carboxylic acids is 1. The maximum Gasteiger partial charge on any atom is 0.329 e. The second-order valence-corrected chi connectivity index (χ2v) is 6.28. The molecule has 1 amide bonds. The highest BCUT2D eigenvalue weighted by atomic mass is 16.2. The molecular weight excluding hydrogens is 324 g/mol. The molecule has 0 atom stereocenters. The van der Waals surface area contributed by atoms with Crippen molar-refractivity contribution in [1.82, 2.24) is 24.0 Å². The number of rotatable bonds is 4. The van der Waals surface area contributed by atoms with E-state index in [0.717, 1.165) is 6.42 Å². The molecule has 2 aromatic rings. The topological polar surface area (TPSA) is 96.2 Å². The van der Waals surface area contributed by atoms with Gasteiger partial charge in [0, 0.05) is 46.2 Å². The SMILES string of the molecule is CCCn1c(N2CCN(C(=O)CC)CC2)nc2c1c(=O)[nH]c(=O)n2C. The summed E-state index contributed by atoms with van der Waals surface area (Å²) < 4.78 is 3.24. The maximum absolute atomic E-state index is 12.3. The van der Waals surface area contributed by atoms with Crippen molar-refractivity contribution in [1.29, 1.82) is 0 Å². The molecule has 3 rings (SSSR count). The van der Waals surface area contributed by atoms with Gasteiger partial charge in [0.15, 0.2) is 11.2 Å². The van der Waals surface area contributed by atoms with Crippen molar-refractivity contribution >= 4 is 23.0 Å². The number of aromatic nitrogens is 4. The van der Waals surface area contributed by atoms with Crippen LogP contribution in [0.2, 0.25) is 0 Å². The molecule has 0 unspecified atom stereocenters. The van der Waals surface area contributed by atoms with Gasteiger partial charge in [0.05, 0.1) is 0 Å². The van der Waals surface area contributed by atoms with Crippen molar-refractivity contribution in [2.24, 2.45) is 7.05 Å². The molecule has 1 N–H and O–H groups in total. The summed E-state index contributed by atoms with van der Waals surface area (Å²) in [7, 11) is 1.60. The summed E-state index contributed by atoms with van der Waals surface area (Å²) in [4.78, 5) is 46.9. The summed E-state index contributed by atoms with van der Waals surface area (Å²) in [6.07, 6.45) is 1.35. The van der Waals surface area contributed by atoms with Crippen LogP contribution in [0.4, 0.5) is 5.95 Å². The van der Waals surface area contributed by atoms with E-state index in [1.54, 1.807) is 7.05 Å². The molecule has 25 heavy (non-hydrogen) atoms. The summed E-state index contributed by atoms with van der Waals surface area (Å²) >= 11 is 0. The average Bonchev–Trinajstić information content (AvgIpc) is 2.99. The van der Waals surface area contributed by atoms with Gasteiger partial charge in [-0.1, -0.05) is 13.8 Å². The van der Waals surface area contributed by atoms with Crippen LogP contribution in [0, 0.1) is 0 Å². The number of piperazine rings is 1. The molecular formula is C16H24N6O3. The minimum atomic E-state index is -0.469. The lowest BCUT2D eigenvalue weighted by Crippen LogP contribution is -2.49. The number of hydrogen-bond acceptors (Lipinski definition) is 5. The molecule has 1 saturated heterocycles. The molecule has 1 aliphatic heterocycles. The van der Waals surface area contributed by atoms with E-state index in [1.165, 1.54) is 4.57 Å². The Balaban J connectivity index is 2.02. The fourth-order valence-corrected chi connectivity index (χ4v) is 3.28. The number of hydrogen-bond donors (Lipinski definition) is 1. The van der Waals surface area contributed by atoms with Gasteiger partial charge in [0.2, 0.25) is 11.9 Å². The van der Waals surface area contributed by atoms with Crippen LogP contribution in [0.25, 0.3) is 11.2 Å². The van der Waals surface area contributed by atoms with Crippen molar-refractivity contribution in [2.45, 2.75) is 33.2 Å². The maximum atomic E-state index is 12.3. The number of imidazole rings is 1. The van der Waals surface area contributed by atoms with Gasteiger partial charge < -0.3 is 14.4 Å². The van der Waals surface area contributed by atoms with Crippen LogP contribution in [-0.4, -0.2) is 56.1 Å². The largest absolute Gasteiger partial charge is 0.339 e. The quantitative estimate of drug-likeness (QED) is 0.832. The summed E-state index contributed by atoms with van der Waals surface area (Å²) in [5, 5.41) is 0. The van der Waals surface area contributed by atoms with Gasteiger partial charge >= 0.3 is 5.69 Å². The van der Waals surface area contributed by atoms with E-state index in [0.29, 0.717) is 56.3 Å². The molecule has 136 valence electrons. The van der Waals surface area contributed by atoms with Crippen molar-refractivity contribution in [2.75, 3.05) is 31.1 Å². The zero-order chi connectivity index (χ0) is 18.1. The Morgan fingerprint density at radius 3 is 2.44 bits per heavy atom. The Hall–Kier alpha value is -2.58. The van der Waals surface area contributed by atoms with E-state index in [1.807, 2.05) is 23.3 Å². The highest BCUT2D eigenvalue weighted by molar-refractivity contribution is 5.76. The Kier molecular flexibility index (Phi) is 4.65. The number of H-pyrrole nitrogens is 1. The fraction of sp³-hybridized carbons (Fsp3) is 0.625. The molecule has 0 aromatic carbocycles. The summed E-state index contributed by atoms with van der Waals surface area (Å²) in [5.41, 5.74) is -0.0658. The number of nitrogens with one attached hydrogen (secondary N) is 1. The standard InChI is InChI=1S/C16H24N6O3/c1-4-6-22-12-13(19(3)16(25)18-14(12)24)17-15(22)21-9-7-20(8-10-21)11(23)5-2/h4-10H2,1-3H3,(H,18,24,25). The molecule has 0 aliphatic carbocycles. The lowest BCUT2D eigenvalue weighted by molar-refractivity contribution is -0.131. The molecule has 1 fully saturated rings. The highest BCUT2D eigenvalue weighted by Gasteiger charge is 2.25. The molecule has 0 spiro atoms. The second-order valence-electron chi connectivity index (χ2n) is 6.28. The smallest absolute Gasteiger partial charge is 0.329 e. The molecule has 0 bridgehead atoms. The first-order valence-electron chi connectivity index (χ1n) is 8.70. The van der Waals surface area contributed by atoms with Gasteiger partial charge in [-0.3, -0.25) is 19.1 Å². The summed E-state index contributed by atoms with van der Waals surface area (Å²) in [6.45, 7) is 7.12. The summed E-state index contributed by atoms with van der Waals surface area (Å²) in [6, 6.07) is 0. The first-order valence-corrected chi connectivity index (χ1v) is 8.70. The molecule has 0 saturated carbocycles. The summed E-state index contributed by atoms with van der Waals surface area (Å²) in [5.74, 6) is 0.840. The number of aryl methyl sites for hydroxylation is 2. The van der Waals surface area contributed by atoms with E-state index in [4.69, 9.17) is 0 Å². The molecule has 2 aromatic heterocycles. The zero-order valence-corrected chi connectivity index (χ0v) is 14.9. The first-order chi connectivity index (χ1) is 12.0. The molecule has 1 aliphatic rings. The van der Waals surface area contributed by atoms with Gasteiger partial charge in [-0.2, -0.15) is 4.98 Å². The lowest BCUT2D eigenvalue weighted by atomic mass is 10.3. The van der Waals surface area contributed by atoms with E-state index in [2.05, 4.69) is 14.9 Å². The molecule has 9 heteroatoms. The van der Waals surface area contributed by atoms with E-state index < -0.39 is 11.2 Å². The Labute approximate surface area is 144 Å². The monoisotopic (exact) mass is 348 g/mol. The third-order valence-corrected chi connectivity index (χ3v) is 4.65. The van der Waals surface area contributed by atoms with E-state index in [9.17, 15) is 14.4 Å². The number of fused-ring (bicyclic) bond motifs is 1. The molecule has 0 radical (unpaired) electrons. The van der Waals surface area contributed by atoms with Crippen LogP contribution in [0.3, 0.4) is 0 Å². The Morgan fingerprint density at radius 2 is 1.84 bits per heavy atom. The van der Waals surface area contributed by atoms with Crippen LogP contribution < -0.4 is 16.1 Å². The Morgan fingerprint density at radius 1 is 1.16 bits per heavy atom. The molecule has 3 heterocycles. The van der Waals surface area contributed by atoms with Crippen LogP contribution >= 0.6 is 0 Å². The van der Waals surface area contributed by atoms with Crippen LogP contribution in [-0.2, 0) is 18.4 Å². The second kappa shape index (κ2) is 6.73. The minimum Gasteiger partial charge on any atom is -0.339 e. The minimum absolute atomic E-state index is 0.153. The number of carbonyl (C=O) groups is 1. The predicted molar refractivity (Wildman–Crippen MR) is 95.0 cm³/mol. The van der Waals surface area contributed by atoms with Gasteiger partial charge in [-0.05, 0) is 6.42 Å². The zero-order valence-electron chi connectivity index (χ0n) is 14.9. The van der Waals surface area contributed by atoms with Gasteiger partial charge in [-0.25, -0.2) is 4.79 Å². The predicted octanol–water partition coefficient (Wildman–Crippen LogP) is -0.108. The van der Waals surface area contributed by atoms with Crippen LogP contribution in [0.1, 0.15) is 26.7 Å². The third kappa shape index (κ3) is 2.94. The van der Waals surface area contributed by atoms with Crippen molar-refractivity contribution in [3.8, 4) is 0 Å². The number of amides is 1. The third-order valence-electron chi connectivity index (χ3n) is 4.65. The van der Waals surface area contributed by atoms with E-state index >= 15 is 0 Å². The van der Waals surface area contributed by atoms with Crippen LogP contribution in [0.15, 0.2) is 9.59 Å². The van der Waals surface area contributed by atoms with Gasteiger partial charge in [-0.15, -0.1) is 0 Å². The normalized spacial score (nSPS) is 15.2. The number of nitrogens with zero attached hydrogens (tertiary/aromatic N) is 5. The highest BCUT2D eigenvalue weighted by Crippen LogP contribution is 2.21. The van der Waals surface area contributed by atoms with Gasteiger partial charge in [0.1, 0.15) is 0 Å². The van der Waals surface area contributed by atoms with Gasteiger partial charge in [0.25, 0.3) is 5.56 Å². The fourth-order valence-electron chi connectivity index (χ4n) is 3.28. The number of aromatic amines is 1. The van der Waals surface area contributed by atoms with Crippen molar-refractivity contribution < 1.29 is 4.79 Å². The molecule has 9 nitrogen and oxygen atoms in total. The van der Waals surface area contributed by atoms with Crippen molar-refractivity contribution in [3.05, 3.63) is 20.8 Å².